The van der Waals surface area contributed by atoms with Crippen LogP contribution in [-0.2, 0) is 20.7 Å². The van der Waals surface area contributed by atoms with Gasteiger partial charge in [0.2, 0.25) is 0 Å². The van der Waals surface area contributed by atoms with Crippen molar-refractivity contribution in [1.29, 1.82) is 0 Å². The number of nitrogens with two attached hydrogens (primary N) is 1. The molecule has 21 heavy (non-hydrogen) atoms. The third-order valence-corrected chi connectivity index (χ3v) is 4.28. The van der Waals surface area contributed by atoms with Crippen LogP contribution >= 0.6 is 11.6 Å². The monoisotopic (exact) mass is 307 g/mol. The zero-order chi connectivity index (χ0) is 15.7. The summed E-state index contributed by atoms with van der Waals surface area (Å²) in [6, 6.07) is 7.00. The molecule has 0 bridgehead atoms. The van der Waals surface area contributed by atoms with Crippen LogP contribution in [0, 0.1) is 5.41 Å². The van der Waals surface area contributed by atoms with Crippen LogP contribution in [0.15, 0.2) is 36.4 Å². The van der Waals surface area contributed by atoms with Gasteiger partial charge < -0.3 is 10.5 Å². The van der Waals surface area contributed by atoms with Crippen LogP contribution in [0.25, 0.3) is 0 Å². The fraction of sp³-hybridized carbons (Fsp3) is 0.375. The summed E-state index contributed by atoms with van der Waals surface area (Å²) in [5.41, 5.74) is 4.10. The van der Waals surface area contributed by atoms with Crippen LogP contribution < -0.4 is 5.73 Å². The normalized spacial score (nSPS) is 29.0. The lowest BCUT2D eigenvalue weighted by atomic mass is 9.69. The topological polar surface area (TPSA) is 69.4 Å². The van der Waals surface area contributed by atoms with Crippen molar-refractivity contribution in [3.05, 3.63) is 47.0 Å². The van der Waals surface area contributed by atoms with E-state index < -0.39 is 11.0 Å². The minimum Gasteiger partial charge on any atom is -0.362 e. The standard InChI is InChI=1S/C16H18ClNO3/c1-15(10-18)8-7-13(19)16(21-2,14(15)20)9-11-3-5-12(17)6-4-11/h3-8H,9-10,18H2,1-2H3. The second-order valence-corrected chi connectivity index (χ2v) is 5.92. The van der Waals surface area contributed by atoms with E-state index in [1.807, 2.05) is 0 Å². The molecule has 2 atom stereocenters. The van der Waals surface area contributed by atoms with Crippen molar-refractivity contribution in [3.63, 3.8) is 0 Å². The molecular weight excluding hydrogens is 290 g/mol. The van der Waals surface area contributed by atoms with Crippen LogP contribution in [0.3, 0.4) is 0 Å². The fourth-order valence-electron chi connectivity index (χ4n) is 2.53. The summed E-state index contributed by atoms with van der Waals surface area (Å²) >= 11 is 5.86. The molecule has 0 aromatic heterocycles. The van der Waals surface area contributed by atoms with Gasteiger partial charge >= 0.3 is 0 Å². The van der Waals surface area contributed by atoms with E-state index >= 15 is 0 Å². The van der Waals surface area contributed by atoms with Crippen LogP contribution in [-0.4, -0.2) is 30.8 Å². The van der Waals surface area contributed by atoms with E-state index in [-0.39, 0.29) is 24.5 Å². The number of methoxy groups -OCH3 is 1. The highest BCUT2D eigenvalue weighted by Gasteiger charge is 2.53. The molecule has 1 aliphatic rings. The molecule has 0 fully saturated rings. The number of hydrogen-bond acceptors (Lipinski definition) is 4. The molecule has 0 amide bonds. The van der Waals surface area contributed by atoms with E-state index in [0.29, 0.717) is 5.02 Å². The van der Waals surface area contributed by atoms with Crippen molar-refractivity contribution in [1.82, 2.24) is 0 Å². The molecule has 0 aliphatic heterocycles. The maximum Gasteiger partial charge on any atom is 0.195 e. The Kier molecular flexibility index (Phi) is 4.33. The first-order valence-electron chi connectivity index (χ1n) is 6.66. The maximum atomic E-state index is 12.8. The number of carbonyl (C=O) groups is 2. The molecule has 0 heterocycles. The van der Waals surface area contributed by atoms with Crippen LogP contribution in [0.5, 0.6) is 0 Å². The summed E-state index contributed by atoms with van der Waals surface area (Å²) in [4.78, 5) is 25.1. The average Bonchev–Trinajstić information content (AvgIpc) is 2.50. The molecule has 0 saturated carbocycles. The molecule has 0 spiro atoms. The number of halogens is 1. The van der Waals surface area contributed by atoms with Gasteiger partial charge in [-0.05, 0) is 30.7 Å². The minimum absolute atomic E-state index is 0.126. The number of rotatable bonds is 4. The van der Waals surface area contributed by atoms with Gasteiger partial charge in [0.05, 0.1) is 5.41 Å². The van der Waals surface area contributed by atoms with E-state index in [1.54, 1.807) is 37.3 Å². The second kappa shape index (κ2) is 5.72. The smallest absolute Gasteiger partial charge is 0.195 e. The summed E-state index contributed by atoms with van der Waals surface area (Å²) < 4.78 is 5.40. The van der Waals surface area contributed by atoms with Crippen molar-refractivity contribution in [2.75, 3.05) is 13.7 Å². The maximum absolute atomic E-state index is 12.8. The number of Topliss-reactive ketones (excluding diaryl/α,β-unsaturated/α-hetero) is 1. The highest BCUT2D eigenvalue weighted by Crippen LogP contribution is 2.35. The first kappa shape index (κ1) is 15.9. The summed E-state index contributed by atoms with van der Waals surface area (Å²) in [7, 11) is 1.38. The molecule has 1 aromatic carbocycles. The second-order valence-electron chi connectivity index (χ2n) is 5.48. The van der Waals surface area contributed by atoms with Crippen molar-refractivity contribution in [2.24, 2.45) is 11.1 Å². The Morgan fingerprint density at radius 2 is 1.86 bits per heavy atom. The molecule has 5 heteroatoms. The number of carbonyl (C=O) groups excluding carboxylic acids is 2. The van der Waals surface area contributed by atoms with Gasteiger partial charge in [-0.1, -0.05) is 29.8 Å². The van der Waals surface area contributed by atoms with Crippen molar-refractivity contribution in [2.45, 2.75) is 18.9 Å². The van der Waals surface area contributed by atoms with Gasteiger partial charge in [-0.15, -0.1) is 0 Å². The Morgan fingerprint density at radius 1 is 1.24 bits per heavy atom. The Morgan fingerprint density at radius 3 is 2.38 bits per heavy atom. The number of ether oxygens (including phenoxy) is 1. The summed E-state index contributed by atoms with van der Waals surface area (Å²) in [6.07, 6.45) is 3.13. The zero-order valence-electron chi connectivity index (χ0n) is 12.1. The van der Waals surface area contributed by atoms with Crippen LogP contribution in [0.1, 0.15) is 12.5 Å². The highest BCUT2D eigenvalue weighted by atomic mass is 35.5. The molecular formula is C16H18ClNO3. The third-order valence-electron chi connectivity index (χ3n) is 4.02. The molecule has 0 radical (unpaired) electrons. The van der Waals surface area contributed by atoms with Crippen molar-refractivity contribution >= 4 is 23.2 Å². The lowest BCUT2D eigenvalue weighted by molar-refractivity contribution is -0.158. The molecule has 2 rings (SSSR count). The lowest BCUT2D eigenvalue weighted by Crippen LogP contribution is -2.59. The van der Waals surface area contributed by atoms with Gasteiger partial charge in [-0.2, -0.15) is 0 Å². The van der Waals surface area contributed by atoms with E-state index in [0.717, 1.165) is 5.56 Å². The van der Waals surface area contributed by atoms with Gasteiger partial charge in [0.1, 0.15) is 0 Å². The minimum atomic E-state index is -1.52. The molecule has 4 nitrogen and oxygen atoms in total. The molecule has 0 saturated heterocycles. The molecule has 112 valence electrons. The van der Waals surface area contributed by atoms with Gasteiger partial charge in [-0.3, -0.25) is 9.59 Å². The molecule has 2 unspecified atom stereocenters. The van der Waals surface area contributed by atoms with Crippen LogP contribution in [0.4, 0.5) is 0 Å². The number of hydrogen-bond donors (Lipinski definition) is 1. The van der Waals surface area contributed by atoms with Crippen molar-refractivity contribution in [3.8, 4) is 0 Å². The Bertz CT molecular complexity index is 596. The summed E-state index contributed by atoms with van der Waals surface area (Å²) in [5, 5.41) is 0.596. The van der Waals surface area contributed by atoms with Gasteiger partial charge in [0.25, 0.3) is 0 Å². The largest absolute Gasteiger partial charge is 0.362 e. The van der Waals surface area contributed by atoms with E-state index in [9.17, 15) is 9.59 Å². The summed E-state index contributed by atoms with van der Waals surface area (Å²) in [6.45, 7) is 1.84. The van der Waals surface area contributed by atoms with Gasteiger partial charge in [0.15, 0.2) is 17.2 Å². The Labute approximate surface area is 128 Å². The SMILES string of the molecule is COC1(Cc2ccc(Cl)cc2)C(=O)C=CC(C)(CN)C1=O. The first-order valence-corrected chi connectivity index (χ1v) is 7.04. The highest BCUT2D eigenvalue weighted by molar-refractivity contribution is 6.30. The molecule has 1 aromatic rings. The fourth-order valence-corrected chi connectivity index (χ4v) is 2.65. The van der Waals surface area contributed by atoms with Crippen LogP contribution in [0.2, 0.25) is 5.02 Å². The first-order chi connectivity index (χ1) is 9.88. The Hall–Kier alpha value is -1.49. The predicted molar refractivity (Wildman–Crippen MR) is 81.2 cm³/mol. The van der Waals surface area contributed by atoms with Gasteiger partial charge in [-0.25, -0.2) is 0 Å². The average molecular weight is 308 g/mol. The number of benzene rings is 1. The van der Waals surface area contributed by atoms with E-state index in [4.69, 9.17) is 22.1 Å². The zero-order valence-corrected chi connectivity index (χ0v) is 12.8. The molecule has 2 N–H and O–H groups in total. The predicted octanol–water partition coefficient (Wildman–Crippen LogP) is 1.94. The van der Waals surface area contributed by atoms with E-state index in [1.165, 1.54) is 13.2 Å². The van der Waals surface area contributed by atoms with Crippen molar-refractivity contribution < 1.29 is 14.3 Å². The summed E-state index contributed by atoms with van der Waals surface area (Å²) in [5.74, 6) is -0.654. The Balaban J connectivity index is 2.44. The third kappa shape index (κ3) is 2.67. The lowest BCUT2D eigenvalue weighted by Gasteiger charge is -2.38. The molecule has 1 aliphatic carbocycles. The number of ketones is 2. The van der Waals surface area contributed by atoms with Gasteiger partial charge in [0, 0.05) is 25.1 Å². The quantitative estimate of drug-likeness (QED) is 0.863. The van der Waals surface area contributed by atoms with E-state index in [2.05, 4.69) is 0 Å².